The molecule has 7 nitrogen and oxygen atoms in total. The van der Waals surface area contributed by atoms with Gasteiger partial charge in [0, 0.05) is 16.8 Å². The lowest BCUT2D eigenvalue weighted by Gasteiger charge is -2.23. The average molecular weight is 499 g/mol. The van der Waals surface area contributed by atoms with Crippen molar-refractivity contribution in [2.24, 2.45) is 0 Å². The van der Waals surface area contributed by atoms with Crippen molar-refractivity contribution in [1.29, 1.82) is 0 Å². The molecule has 2 aromatic heterocycles. The Bertz CT molecular complexity index is 1670. The van der Waals surface area contributed by atoms with Gasteiger partial charge in [0.05, 0.1) is 16.8 Å². The number of carbonyl (C=O) groups is 1. The Labute approximate surface area is 210 Å². The van der Waals surface area contributed by atoms with Gasteiger partial charge in [0.1, 0.15) is 22.9 Å². The number of rotatable bonds is 4. The molecule has 36 heavy (non-hydrogen) atoms. The fraction of sp³-hybridized carbons (Fsp3) is 0.111. The number of hydrogen-bond donors (Lipinski definition) is 2. The summed E-state index contributed by atoms with van der Waals surface area (Å²) >= 11 is 6.28. The molecule has 3 heterocycles. The number of nitrogen functional groups attached to an aromatic ring is 1. The number of fused-ring (bicyclic) bond motifs is 2. The molecule has 178 valence electrons. The summed E-state index contributed by atoms with van der Waals surface area (Å²) < 4.78 is 15.9. The van der Waals surface area contributed by atoms with Crippen LogP contribution < -0.4 is 11.1 Å². The maximum atomic E-state index is 14.4. The molecular weight excluding hydrogens is 479 g/mol. The molecule has 0 bridgehead atoms. The van der Waals surface area contributed by atoms with Crippen LogP contribution in [0, 0.1) is 5.82 Å². The van der Waals surface area contributed by atoms with Gasteiger partial charge >= 0.3 is 0 Å². The number of nitrogens with one attached hydrogen (secondary N) is 1. The quantitative estimate of drug-likeness (QED) is 0.362. The van der Waals surface area contributed by atoms with Gasteiger partial charge in [0.25, 0.3) is 5.95 Å². The van der Waals surface area contributed by atoms with Crippen LogP contribution in [-0.2, 0) is 16.6 Å². The average Bonchev–Trinajstić information content (AvgIpc) is 3.35. The van der Waals surface area contributed by atoms with Gasteiger partial charge in [-0.1, -0.05) is 60.1 Å². The summed E-state index contributed by atoms with van der Waals surface area (Å²) in [6.45, 7) is 1.81. The van der Waals surface area contributed by atoms with Crippen LogP contribution in [0.5, 0.6) is 0 Å². The number of nitrogens with zero attached hydrogens (tertiary/aromatic N) is 4. The van der Waals surface area contributed by atoms with Gasteiger partial charge in [0.15, 0.2) is 0 Å². The minimum absolute atomic E-state index is 0.174. The van der Waals surface area contributed by atoms with Gasteiger partial charge in [0.2, 0.25) is 5.91 Å². The first-order chi connectivity index (χ1) is 17.4. The van der Waals surface area contributed by atoms with Crippen LogP contribution in [0.1, 0.15) is 29.3 Å². The molecule has 1 aliphatic rings. The summed E-state index contributed by atoms with van der Waals surface area (Å²) in [4.78, 5) is 22.3. The number of aromatic nitrogens is 4. The number of halogens is 2. The van der Waals surface area contributed by atoms with E-state index in [1.54, 1.807) is 48.0 Å². The lowest BCUT2D eigenvalue weighted by atomic mass is 9.78. The van der Waals surface area contributed by atoms with Crippen molar-refractivity contribution in [3.05, 3.63) is 106 Å². The Morgan fingerprint density at radius 3 is 2.58 bits per heavy atom. The minimum Gasteiger partial charge on any atom is -0.383 e. The SMILES string of the molecule is CC1(c2ccccc2)C(=O)Nc2nc(-n3nc(Cc4ccccc4F)c4cc(Cl)ccc43)nc(N)c21. The molecule has 6 rings (SSSR count). The Morgan fingerprint density at radius 1 is 1.06 bits per heavy atom. The summed E-state index contributed by atoms with van der Waals surface area (Å²) in [6.07, 6.45) is 0.250. The molecule has 1 aliphatic heterocycles. The molecule has 3 aromatic carbocycles. The number of nitrogens with two attached hydrogens (primary N) is 1. The molecule has 0 radical (unpaired) electrons. The largest absolute Gasteiger partial charge is 0.383 e. The van der Waals surface area contributed by atoms with Crippen LogP contribution in [0.25, 0.3) is 16.9 Å². The fourth-order valence-corrected chi connectivity index (χ4v) is 4.97. The molecule has 1 atom stereocenters. The third-order valence-corrected chi connectivity index (χ3v) is 6.92. The van der Waals surface area contributed by atoms with E-state index in [-0.39, 0.29) is 29.9 Å². The van der Waals surface area contributed by atoms with Gasteiger partial charge in [-0.3, -0.25) is 4.79 Å². The number of amides is 1. The Morgan fingerprint density at radius 2 is 1.81 bits per heavy atom. The Hall–Kier alpha value is -4.30. The molecule has 1 amide bonds. The van der Waals surface area contributed by atoms with Gasteiger partial charge < -0.3 is 11.1 Å². The molecule has 0 aliphatic carbocycles. The number of carbonyl (C=O) groups excluding carboxylic acids is 1. The van der Waals surface area contributed by atoms with Crippen molar-refractivity contribution < 1.29 is 9.18 Å². The minimum atomic E-state index is -1.03. The van der Waals surface area contributed by atoms with Crippen LogP contribution in [0.2, 0.25) is 5.02 Å². The topological polar surface area (TPSA) is 98.7 Å². The van der Waals surface area contributed by atoms with Crippen molar-refractivity contribution >= 4 is 40.0 Å². The Balaban J connectivity index is 1.51. The lowest BCUT2D eigenvalue weighted by Crippen LogP contribution is -2.32. The van der Waals surface area contributed by atoms with E-state index in [2.05, 4.69) is 15.3 Å². The second-order valence-electron chi connectivity index (χ2n) is 8.87. The number of benzene rings is 3. The predicted octanol–water partition coefficient (Wildman–Crippen LogP) is 5.04. The van der Waals surface area contributed by atoms with E-state index in [9.17, 15) is 9.18 Å². The Kier molecular flexibility index (Phi) is 5.01. The van der Waals surface area contributed by atoms with Gasteiger partial charge in [-0.05, 0) is 42.3 Å². The molecule has 0 spiro atoms. The summed E-state index contributed by atoms with van der Waals surface area (Å²) in [7, 11) is 0. The van der Waals surface area contributed by atoms with Crippen LogP contribution in [0.3, 0.4) is 0 Å². The maximum Gasteiger partial charge on any atom is 0.255 e. The van der Waals surface area contributed by atoms with Crippen molar-refractivity contribution in [1.82, 2.24) is 19.7 Å². The molecule has 1 unspecified atom stereocenters. The van der Waals surface area contributed by atoms with Gasteiger partial charge in [-0.2, -0.15) is 19.7 Å². The fourth-order valence-electron chi connectivity index (χ4n) is 4.79. The molecule has 5 aromatic rings. The summed E-state index contributed by atoms with van der Waals surface area (Å²) in [5.41, 5.74) is 8.52. The number of hydrogen-bond acceptors (Lipinski definition) is 5. The normalized spacial score (nSPS) is 16.8. The second-order valence-corrected chi connectivity index (χ2v) is 9.30. The van der Waals surface area contributed by atoms with Crippen molar-refractivity contribution in [3.8, 4) is 5.95 Å². The highest BCUT2D eigenvalue weighted by Gasteiger charge is 2.47. The molecule has 3 N–H and O–H groups in total. The highest BCUT2D eigenvalue weighted by Crippen LogP contribution is 2.44. The first-order valence-corrected chi connectivity index (χ1v) is 11.7. The predicted molar refractivity (Wildman–Crippen MR) is 137 cm³/mol. The first-order valence-electron chi connectivity index (χ1n) is 11.3. The van der Waals surface area contributed by atoms with Gasteiger partial charge in [-0.15, -0.1) is 0 Å². The molecule has 0 saturated heterocycles. The van der Waals surface area contributed by atoms with E-state index in [4.69, 9.17) is 22.4 Å². The van der Waals surface area contributed by atoms with Crippen molar-refractivity contribution in [3.63, 3.8) is 0 Å². The van der Waals surface area contributed by atoms with E-state index in [1.807, 2.05) is 30.3 Å². The summed E-state index contributed by atoms with van der Waals surface area (Å²) in [5, 5.41) is 8.85. The van der Waals surface area contributed by atoms with E-state index < -0.39 is 5.41 Å². The van der Waals surface area contributed by atoms with E-state index in [0.717, 1.165) is 10.9 Å². The van der Waals surface area contributed by atoms with E-state index in [1.165, 1.54) is 6.07 Å². The second kappa shape index (κ2) is 8.13. The highest BCUT2D eigenvalue weighted by atomic mass is 35.5. The third-order valence-electron chi connectivity index (χ3n) is 6.69. The van der Waals surface area contributed by atoms with Crippen molar-refractivity contribution in [2.45, 2.75) is 18.8 Å². The molecule has 0 fully saturated rings. The third kappa shape index (κ3) is 3.33. The monoisotopic (exact) mass is 498 g/mol. The first kappa shape index (κ1) is 22.2. The zero-order chi connectivity index (χ0) is 25.0. The van der Waals surface area contributed by atoms with Gasteiger partial charge in [-0.25, -0.2) is 4.39 Å². The van der Waals surface area contributed by atoms with E-state index in [0.29, 0.717) is 33.2 Å². The van der Waals surface area contributed by atoms with Crippen LogP contribution in [0.4, 0.5) is 16.0 Å². The van der Waals surface area contributed by atoms with Crippen LogP contribution in [-0.4, -0.2) is 25.7 Å². The summed E-state index contributed by atoms with van der Waals surface area (Å²) in [5.74, 6) is 0.147. The smallest absolute Gasteiger partial charge is 0.255 e. The van der Waals surface area contributed by atoms with Crippen LogP contribution in [0.15, 0.2) is 72.8 Å². The van der Waals surface area contributed by atoms with Crippen LogP contribution >= 0.6 is 11.6 Å². The van der Waals surface area contributed by atoms with E-state index >= 15 is 0 Å². The maximum absolute atomic E-state index is 14.4. The standard InChI is InChI=1S/C27H20ClFN6O/c1-27(16-8-3-2-4-9-16)22-23(30)31-26(33-24(22)32-25(27)36)35-21-12-11-17(28)14-18(21)20(34-35)13-15-7-5-6-10-19(15)29/h2-12,14H,13H2,1H3,(H3,30,31,32,33,36). The summed E-state index contributed by atoms with van der Waals surface area (Å²) in [6, 6.07) is 21.3. The zero-order valence-corrected chi connectivity index (χ0v) is 19.9. The number of anilines is 2. The molecule has 0 saturated carbocycles. The molecular formula is C27H20ClFN6O. The van der Waals surface area contributed by atoms with Crippen molar-refractivity contribution in [2.75, 3.05) is 11.1 Å². The lowest BCUT2D eigenvalue weighted by molar-refractivity contribution is -0.119. The zero-order valence-electron chi connectivity index (χ0n) is 19.2. The molecule has 9 heteroatoms. The highest BCUT2D eigenvalue weighted by molar-refractivity contribution is 6.31.